The molecule has 2 aromatic carbocycles. The summed E-state index contributed by atoms with van der Waals surface area (Å²) >= 11 is 19.1. The monoisotopic (exact) mass is 529 g/mol. The van der Waals surface area contributed by atoms with Gasteiger partial charge < -0.3 is 15.0 Å². The molecule has 0 saturated heterocycles. The maximum Gasteiger partial charge on any atom is 0.255 e. The van der Waals surface area contributed by atoms with E-state index in [0.29, 0.717) is 61.9 Å². The van der Waals surface area contributed by atoms with E-state index in [2.05, 4.69) is 10.4 Å². The van der Waals surface area contributed by atoms with Crippen molar-refractivity contribution < 1.29 is 9.53 Å². The smallest absolute Gasteiger partial charge is 0.255 e. The number of fused-ring (bicyclic) bond motifs is 2. The zero-order valence-corrected chi connectivity index (χ0v) is 21.5. The highest BCUT2D eigenvalue weighted by Crippen LogP contribution is 2.39. The lowest BCUT2D eigenvalue weighted by Crippen LogP contribution is -2.33. The van der Waals surface area contributed by atoms with E-state index in [-0.39, 0.29) is 11.9 Å². The standard InChI is InChI=1S/C25H22Cl3N5O2/c1-13-22(16-10-14(26)11-18(27)21(16)28)33-24(30-13)23(32(2)3)17(12-29-33)25(34)31-19-8-9-35-20-7-5-4-6-15(19)20/h4-7,10-12,19H,8-9H2,1-3H3,(H,31,34)/t19-/m0/s1. The number of rotatable bonds is 4. The molecule has 1 N–H and O–H groups in total. The number of carbonyl (C=O) groups excluding carboxylic acids is 1. The number of carbonyl (C=O) groups is 1. The average Bonchev–Trinajstić information content (AvgIpc) is 3.16. The minimum atomic E-state index is -0.239. The Morgan fingerprint density at radius 3 is 2.74 bits per heavy atom. The van der Waals surface area contributed by atoms with Crippen LogP contribution in [0.3, 0.4) is 0 Å². The third-order valence-electron chi connectivity index (χ3n) is 6.00. The lowest BCUT2D eigenvalue weighted by Gasteiger charge is -2.27. The van der Waals surface area contributed by atoms with Crippen LogP contribution in [-0.4, -0.2) is 41.2 Å². The van der Waals surface area contributed by atoms with Gasteiger partial charge in [-0.25, -0.2) is 9.50 Å². The van der Waals surface area contributed by atoms with E-state index in [1.165, 1.54) is 0 Å². The summed E-state index contributed by atoms with van der Waals surface area (Å²) in [5.41, 5.74) is 4.48. The number of halogens is 3. The molecule has 0 aliphatic carbocycles. The topological polar surface area (TPSA) is 71.8 Å². The van der Waals surface area contributed by atoms with Gasteiger partial charge in [-0.15, -0.1) is 0 Å². The normalized spacial score (nSPS) is 15.0. The van der Waals surface area contributed by atoms with Crippen LogP contribution in [0, 0.1) is 6.92 Å². The van der Waals surface area contributed by atoms with Gasteiger partial charge in [0.25, 0.3) is 5.91 Å². The number of para-hydroxylation sites is 1. The van der Waals surface area contributed by atoms with Crippen LogP contribution in [0.2, 0.25) is 15.1 Å². The van der Waals surface area contributed by atoms with Crippen LogP contribution < -0.4 is 15.0 Å². The number of benzene rings is 2. The maximum absolute atomic E-state index is 13.5. The molecule has 0 radical (unpaired) electrons. The highest BCUT2D eigenvalue weighted by Gasteiger charge is 2.27. The fourth-order valence-electron chi connectivity index (χ4n) is 4.45. The maximum atomic E-state index is 13.5. The Balaban J connectivity index is 1.60. The van der Waals surface area contributed by atoms with Gasteiger partial charge in [0.05, 0.1) is 51.5 Å². The average molecular weight is 531 g/mol. The molecule has 1 aliphatic rings. The van der Waals surface area contributed by atoms with E-state index < -0.39 is 0 Å². The molecular weight excluding hydrogens is 509 g/mol. The molecule has 4 aromatic rings. The molecule has 0 spiro atoms. The molecule has 1 atom stereocenters. The van der Waals surface area contributed by atoms with Gasteiger partial charge in [-0.3, -0.25) is 4.79 Å². The molecule has 0 unspecified atom stereocenters. The Morgan fingerprint density at radius 2 is 1.97 bits per heavy atom. The van der Waals surface area contributed by atoms with Crippen molar-refractivity contribution in [3.05, 3.63) is 74.5 Å². The van der Waals surface area contributed by atoms with Crippen LogP contribution in [0.4, 0.5) is 5.69 Å². The highest BCUT2D eigenvalue weighted by molar-refractivity contribution is 6.45. The first kappa shape index (κ1) is 23.7. The van der Waals surface area contributed by atoms with Gasteiger partial charge in [-0.05, 0) is 25.1 Å². The molecule has 7 nitrogen and oxygen atoms in total. The minimum Gasteiger partial charge on any atom is -0.493 e. The Bertz CT molecular complexity index is 1470. The largest absolute Gasteiger partial charge is 0.493 e. The van der Waals surface area contributed by atoms with E-state index in [1.54, 1.807) is 22.8 Å². The van der Waals surface area contributed by atoms with Gasteiger partial charge in [0, 0.05) is 36.7 Å². The molecule has 3 heterocycles. The number of hydrogen-bond acceptors (Lipinski definition) is 5. The second-order valence-corrected chi connectivity index (χ2v) is 9.75. The SMILES string of the molecule is Cc1nc2c(N(C)C)c(C(=O)N[C@H]3CCOc4ccccc43)cnn2c1-c1cc(Cl)cc(Cl)c1Cl. The van der Waals surface area contributed by atoms with Crippen molar-refractivity contribution in [3.63, 3.8) is 0 Å². The van der Waals surface area contributed by atoms with Gasteiger partial charge in [0.1, 0.15) is 5.75 Å². The van der Waals surface area contributed by atoms with Crippen LogP contribution in [0.5, 0.6) is 5.75 Å². The molecule has 5 rings (SSSR count). The molecule has 1 aliphatic heterocycles. The molecule has 0 saturated carbocycles. The van der Waals surface area contributed by atoms with Crippen molar-refractivity contribution in [1.82, 2.24) is 19.9 Å². The highest BCUT2D eigenvalue weighted by atomic mass is 35.5. The third-order valence-corrected chi connectivity index (χ3v) is 7.02. The van der Waals surface area contributed by atoms with Gasteiger partial charge in [-0.1, -0.05) is 53.0 Å². The molecular formula is C25H22Cl3N5O2. The second-order valence-electron chi connectivity index (χ2n) is 8.53. The van der Waals surface area contributed by atoms with Crippen LogP contribution in [0.25, 0.3) is 16.9 Å². The van der Waals surface area contributed by atoms with Gasteiger partial charge in [0.2, 0.25) is 0 Å². The van der Waals surface area contributed by atoms with E-state index in [9.17, 15) is 4.79 Å². The molecule has 180 valence electrons. The molecule has 2 aromatic heterocycles. The molecule has 10 heteroatoms. The number of anilines is 1. The quantitative estimate of drug-likeness (QED) is 0.328. The van der Waals surface area contributed by atoms with Crippen molar-refractivity contribution >= 4 is 52.0 Å². The fourth-order valence-corrected chi connectivity index (χ4v) is 5.15. The van der Waals surface area contributed by atoms with E-state index >= 15 is 0 Å². The summed E-state index contributed by atoms with van der Waals surface area (Å²) in [5, 5.41) is 8.87. The zero-order chi connectivity index (χ0) is 24.9. The van der Waals surface area contributed by atoms with Crippen molar-refractivity contribution in [2.24, 2.45) is 0 Å². The minimum absolute atomic E-state index is 0.164. The Morgan fingerprint density at radius 1 is 1.20 bits per heavy atom. The van der Waals surface area contributed by atoms with E-state index in [1.807, 2.05) is 50.2 Å². The lowest BCUT2D eigenvalue weighted by atomic mass is 10.00. The second kappa shape index (κ2) is 9.22. The Labute approximate surface area is 217 Å². The summed E-state index contributed by atoms with van der Waals surface area (Å²) < 4.78 is 7.40. The number of amides is 1. The van der Waals surface area contributed by atoms with Gasteiger partial charge in [0.15, 0.2) is 5.65 Å². The van der Waals surface area contributed by atoms with Gasteiger partial charge in [-0.2, -0.15) is 5.10 Å². The number of imidazole rings is 1. The zero-order valence-electron chi connectivity index (χ0n) is 19.3. The summed E-state index contributed by atoms with van der Waals surface area (Å²) in [6.07, 6.45) is 2.23. The number of aromatic nitrogens is 3. The van der Waals surface area contributed by atoms with Crippen molar-refractivity contribution in [3.8, 4) is 17.0 Å². The van der Waals surface area contributed by atoms with Crippen LogP contribution in [0.1, 0.15) is 34.1 Å². The molecule has 0 fully saturated rings. The number of ether oxygens (including phenoxy) is 1. The Hall–Kier alpha value is -3.00. The van der Waals surface area contributed by atoms with Crippen molar-refractivity contribution in [2.45, 2.75) is 19.4 Å². The van der Waals surface area contributed by atoms with Gasteiger partial charge >= 0.3 is 0 Å². The molecule has 0 bridgehead atoms. The van der Waals surface area contributed by atoms with Crippen molar-refractivity contribution in [1.29, 1.82) is 0 Å². The number of aryl methyl sites for hydroxylation is 1. The summed E-state index contributed by atoms with van der Waals surface area (Å²) in [6, 6.07) is 10.9. The number of nitrogens with zero attached hydrogens (tertiary/aromatic N) is 4. The van der Waals surface area contributed by atoms with Crippen LogP contribution in [-0.2, 0) is 0 Å². The Kier molecular flexibility index (Phi) is 6.25. The van der Waals surface area contributed by atoms with Crippen LogP contribution in [0.15, 0.2) is 42.6 Å². The lowest BCUT2D eigenvalue weighted by molar-refractivity contribution is 0.0925. The number of nitrogens with one attached hydrogen (secondary N) is 1. The molecule has 1 amide bonds. The number of hydrogen-bond donors (Lipinski definition) is 1. The first-order chi connectivity index (χ1) is 16.8. The predicted octanol–water partition coefficient (Wildman–Crippen LogP) is 5.98. The fraction of sp³-hybridized carbons (Fsp3) is 0.240. The summed E-state index contributed by atoms with van der Waals surface area (Å²) in [7, 11) is 3.73. The summed E-state index contributed by atoms with van der Waals surface area (Å²) in [5.74, 6) is 0.549. The third kappa shape index (κ3) is 4.18. The first-order valence-electron chi connectivity index (χ1n) is 11.0. The predicted molar refractivity (Wildman–Crippen MR) is 139 cm³/mol. The van der Waals surface area contributed by atoms with E-state index in [0.717, 1.165) is 11.3 Å². The van der Waals surface area contributed by atoms with E-state index in [4.69, 9.17) is 44.5 Å². The first-order valence-corrected chi connectivity index (χ1v) is 12.1. The van der Waals surface area contributed by atoms with Crippen LogP contribution >= 0.6 is 34.8 Å². The summed E-state index contributed by atoms with van der Waals surface area (Å²) in [6.45, 7) is 2.39. The summed E-state index contributed by atoms with van der Waals surface area (Å²) in [4.78, 5) is 20.1. The van der Waals surface area contributed by atoms with Crippen molar-refractivity contribution in [2.75, 3.05) is 25.6 Å². The molecule has 35 heavy (non-hydrogen) atoms.